The molecule has 1 heterocycles. The molecule has 0 spiro atoms. The van der Waals surface area contributed by atoms with Crippen LogP contribution < -0.4 is 4.74 Å². The van der Waals surface area contributed by atoms with Gasteiger partial charge >= 0.3 is 11.7 Å². The molecule has 29 heavy (non-hydrogen) atoms. The number of aromatic carboxylic acids is 1. The Balaban J connectivity index is 1.65. The average Bonchev–Trinajstić information content (AvgIpc) is 2.73. The van der Waals surface area contributed by atoms with E-state index in [1.54, 1.807) is 17.0 Å². The molecule has 2 aromatic rings. The van der Waals surface area contributed by atoms with Crippen molar-refractivity contribution in [1.82, 2.24) is 4.90 Å². The second-order valence-corrected chi connectivity index (χ2v) is 7.05. The second kappa shape index (κ2) is 8.72. The Kier molecular flexibility index (Phi) is 6.11. The molecule has 1 aliphatic heterocycles. The van der Waals surface area contributed by atoms with E-state index < -0.39 is 10.9 Å². The van der Waals surface area contributed by atoms with E-state index in [1.807, 2.05) is 12.1 Å². The molecule has 1 amide bonds. The quantitative estimate of drug-likeness (QED) is 0.590. The van der Waals surface area contributed by atoms with Crippen LogP contribution in [-0.2, 0) is 6.42 Å². The Morgan fingerprint density at radius 3 is 2.52 bits per heavy atom. The van der Waals surface area contributed by atoms with Gasteiger partial charge in [0, 0.05) is 24.7 Å². The maximum atomic E-state index is 12.8. The lowest BCUT2D eigenvalue weighted by Gasteiger charge is -2.32. The Morgan fingerprint density at radius 2 is 1.90 bits per heavy atom. The summed E-state index contributed by atoms with van der Waals surface area (Å²) in [6, 6.07) is 11.2. The highest BCUT2D eigenvalue weighted by atomic mass is 16.6. The van der Waals surface area contributed by atoms with Crippen LogP contribution in [0, 0.1) is 16.0 Å². The molecule has 0 radical (unpaired) electrons. The number of carbonyl (C=O) groups excluding carboxylic acids is 1. The van der Waals surface area contributed by atoms with Crippen LogP contribution >= 0.6 is 0 Å². The molecule has 0 atom stereocenters. The minimum absolute atomic E-state index is 0.113. The molecule has 0 bridgehead atoms. The lowest BCUT2D eigenvalue weighted by molar-refractivity contribution is -0.385. The number of nitrogens with zero attached hydrogens (tertiary/aromatic N) is 2. The number of methoxy groups -OCH3 is 1. The largest absolute Gasteiger partial charge is 0.490 e. The minimum Gasteiger partial charge on any atom is -0.490 e. The van der Waals surface area contributed by atoms with Crippen molar-refractivity contribution >= 4 is 17.6 Å². The van der Waals surface area contributed by atoms with Gasteiger partial charge in [-0.05, 0) is 48.9 Å². The van der Waals surface area contributed by atoms with E-state index in [2.05, 4.69) is 0 Å². The van der Waals surface area contributed by atoms with Crippen molar-refractivity contribution in [3.8, 4) is 5.75 Å². The molecule has 152 valence electrons. The van der Waals surface area contributed by atoms with E-state index in [4.69, 9.17) is 4.74 Å². The van der Waals surface area contributed by atoms with Crippen molar-refractivity contribution in [2.45, 2.75) is 19.3 Å². The molecular formula is C21H22N2O6. The van der Waals surface area contributed by atoms with Crippen molar-refractivity contribution in [2.24, 2.45) is 5.92 Å². The number of piperidine rings is 1. The molecule has 8 nitrogen and oxygen atoms in total. The predicted octanol–water partition coefficient (Wildman–Crippen LogP) is 3.40. The molecule has 1 saturated heterocycles. The van der Waals surface area contributed by atoms with Gasteiger partial charge in [0.05, 0.1) is 17.6 Å². The molecule has 0 aromatic heterocycles. The number of hydrogen-bond donors (Lipinski definition) is 1. The highest BCUT2D eigenvalue weighted by Gasteiger charge is 2.26. The lowest BCUT2D eigenvalue weighted by atomic mass is 9.88. The predicted molar refractivity (Wildman–Crippen MR) is 105 cm³/mol. The summed E-state index contributed by atoms with van der Waals surface area (Å²) < 4.78 is 4.98. The van der Waals surface area contributed by atoms with E-state index in [0.29, 0.717) is 25.1 Å². The van der Waals surface area contributed by atoms with Gasteiger partial charge < -0.3 is 14.7 Å². The summed E-state index contributed by atoms with van der Waals surface area (Å²) in [5.41, 5.74) is 1.14. The van der Waals surface area contributed by atoms with Crippen LogP contribution in [-0.4, -0.2) is 47.0 Å². The number of hydrogen-bond acceptors (Lipinski definition) is 5. The lowest BCUT2D eigenvalue weighted by Crippen LogP contribution is -2.39. The highest BCUT2D eigenvalue weighted by Crippen LogP contribution is 2.29. The van der Waals surface area contributed by atoms with Crippen LogP contribution in [0.3, 0.4) is 0 Å². The third kappa shape index (κ3) is 4.53. The van der Waals surface area contributed by atoms with Gasteiger partial charge in [-0.2, -0.15) is 0 Å². The van der Waals surface area contributed by atoms with E-state index in [-0.39, 0.29) is 28.8 Å². The fraction of sp³-hybridized carbons (Fsp3) is 0.333. The number of carbonyl (C=O) groups is 2. The van der Waals surface area contributed by atoms with Gasteiger partial charge in [0.15, 0.2) is 5.75 Å². The molecule has 1 N–H and O–H groups in total. The molecule has 0 aliphatic carbocycles. The molecule has 1 fully saturated rings. The van der Waals surface area contributed by atoms with Crippen molar-refractivity contribution in [1.29, 1.82) is 0 Å². The van der Waals surface area contributed by atoms with Gasteiger partial charge in [0.25, 0.3) is 5.91 Å². The summed E-state index contributed by atoms with van der Waals surface area (Å²) in [5.74, 6) is -0.790. The van der Waals surface area contributed by atoms with E-state index in [0.717, 1.165) is 18.4 Å². The number of carboxylic acids is 1. The van der Waals surface area contributed by atoms with Crippen LogP contribution in [0.25, 0.3) is 0 Å². The Bertz CT molecular complexity index is 935. The van der Waals surface area contributed by atoms with Crippen molar-refractivity contribution in [3.63, 3.8) is 0 Å². The zero-order chi connectivity index (χ0) is 21.0. The summed E-state index contributed by atoms with van der Waals surface area (Å²) in [6.45, 7) is 1.05. The fourth-order valence-electron chi connectivity index (χ4n) is 3.71. The Morgan fingerprint density at radius 1 is 1.21 bits per heavy atom. The van der Waals surface area contributed by atoms with Gasteiger partial charge in [-0.3, -0.25) is 14.9 Å². The third-order valence-corrected chi connectivity index (χ3v) is 5.28. The molecule has 3 rings (SSSR count). The Labute approximate surface area is 167 Å². The number of rotatable bonds is 6. The zero-order valence-electron chi connectivity index (χ0n) is 16.0. The minimum atomic E-state index is -0.936. The smallest absolute Gasteiger partial charge is 0.335 e. The number of nitro groups is 1. The molecular weight excluding hydrogens is 376 g/mol. The molecule has 1 aliphatic rings. The average molecular weight is 398 g/mol. The monoisotopic (exact) mass is 398 g/mol. The van der Waals surface area contributed by atoms with Gasteiger partial charge in [-0.25, -0.2) is 4.79 Å². The first-order valence-electron chi connectivity index (χ1n) is 9.33. The topological polar surface area (TPSA) is 110 Å². The first-order chi connectivity index (χ1) is 13.9. The number of nitro benzene ring substituents is 1. The summed E-state index contributed by atoms with van der Waals surface area (Å²) in [5, 5.41) is 20.5. The van der Waals surface area contributed by atoms with Crippen LogP contribution in [0.15, 0.2) is 42.5 Å². The first-order valence-corrected chi connectivity index (χ1v) is 9.33. The molecule has 0 unspecified atom stereocenters. The number of ether oxygens (including phenoxy) is 1. The standard InChI is InChI=1S/C21H22N2O6/c1-29-19-7-6-16(13-18(19)23(27)28)20(24)22-10-8-14(9-11-22)12-15-4-2-3-5-17(15)21(25)26/h2-7,13-14H,8-12H2,1H3,(H,25,26). The Hall–Kier alpha value is -3.42. The van der Waals surface area contributed by atoms with Gasteiger partial charge in [0.2, 0.25) is 0 Å². The van der Waals surface area contributed by atoms with Crippen molar-refractivity contribution in [3.05, 3.63) is 69.3 Å². The molecule has 2 aromatic carbocycles. The summed E-state index contributed by atoms with van der Waals surface area (Å²) >= 11 is 0. The summed E-state index contributed by atoms with van der Waals surface area (Å²) in [7, 11) is 1.34. The summed E-state index contributed by atoms with van der Waals surface area (Å²) in [4.78, 5) is 36.4. The number of amides is 1. The van der Waals surface area contributed by atoms with Crippen molar-refractivity contribution < 1.29 is 24.4 Å². The van der Waals surface area contributed by atoms with Gasteiger partial charge in [-0.1, -0.05) is 18.2 Å². The zero-order valence-corrected chi connectivity index (χ0v) is 16.0. The maximum Gasteiger partial charge on any atom is 0.335 e. The maximum absolute atomic E-state index is 12.8. The number of benzene rings is 2. The fourth-order valence-corrected chi connectivity index (χ4v) is 3.71. The van der Waals surface area contributed by atoms with Crippen LogP contribution in [0.1, 0.15) is 39.1 Å². The SMILES string of the molecule is COc1ccc(C(=O)N2CCC(Cc3ccccc3C(=O)O)CC2)cc1[N+](=O)[O-]. The first kappa shape index (κ1) is 20.3. The van der Waals surface area contributed by atoms with Crippen LogP contribution in [0.5, 0.6) is 5.75 Å². The van der Waals surface area contributed by atoms with Gasteiger partial charge in [0.1, 0.15) is 0 Å². The number of likely N-dealkylation sites (tertiary alicyclic amines) is 1. The second-order valence-electron chi connectivity index (χ2n) is 7.05. The van der Waals surface area contributed by atoms with Gasteiger partial charge in [-0.15, -0.1) is 0 Å². The van der Waals surface area contributed by atoms with Crippen LogP contribution in [0.2, 0.25) is 0 Å². The van der Waals surface area contributed by atoms with Crippen LogP contribution in [0.4, 0.5) is 5.69 Å². The molecule has 8 heteroatoms. The normalized spacial score (nSPS) is 14.4. The molecule has 0 saturated carbocycles. The third-order valence-electron chi connectivity index (χ3n) is 5.28. The van der Waals surface area contributed by atoms with E-state index in [1.165, 1.54) is 25.3 Å². The highest BCUT2D eigenvalue weighted by molar-refractivity contribution is 5.95. The summed E-state index contributed by atoms with van der Waals surface area (Å²) in [6.07, 6.45) is 2.15. The van der Waals surface area contributed by atoms with E-state index >= 15 is 0 Å². The number of carboxylic acid groups (broad SMARTS) is 1. The van der Waals surface area contributed by atoms with Crippen molar-refractivity contribution in [2.75, 3.05) is 20.2 Å². The van der Waals surface area contributed by atoms with E-state index in [9.17, 15) is 24.8 Å².